The molecule has 218 valence electrons. The molecule has 2 aromatic carbocycles. The number of hydrogen-bond acceptors (Lipinski definition) is 7. The Labute approximate surface area is 233 Å². The molecule has 1 aliphatic rings. The molecule has 1 heterocycles. The first kappa shape index (κ1) is 29.5. The number of nitrogens with two attached hydrogens (primary N) is 2. The zero-order chi connectivity index (χ0) is 29.9. The summed E-state index contributed by atoms with van der Waals surface area (Å²) in [6.45, 7) is 1.58. The van der Waals surface area contributed by atoms with E-state index in [1.54, 1.807) is 11.6 Å². The quantitative estimate of drug-likeness (QED) is 0.122. The normalized spacial score (nSPS) is 15.4. The molecular formula is C26H27F3N6O5S. The molecule has 11 nitrogen and oxygen atoms in total. The number of aromatic amines is 1. The van der Waals surface area contributed by atoms with Gasteiger partial charge in [0.1, 0.15) is 29.1 Å². The summed E-state index contributed by atoms with van der Waals surface area (Å²) in [5, 5.41) is 16.8. The van der Waals surface area contributed by atoms with E-state index in [4.69, 9.17) is 16.2 Å². The molecule has 0 aliphatic heterocycles. The number of amides is 1. The van der Waals surface area contributed by atoms with E-state index < -0.39 is 33.6 Å². The number of anilines is 1. The second-order valence-electron chi connectivity index (χ2n) is 9.33. The zero-order valence-electron chi connectivity index (χ0n) is 21.6. The minimum Gasteiger partial charge on any atom is -0.512 e. The number of benzene rings is 2. The average molecular weight is 593 g/mol. The molecule has 41 heavy (non-hydrogen) atoms. The van der Waals surface area contributed by atoms with Gasteiger partial charge in [0.15, 0.2) is 5.82 Å². The summed E-state index contributed by atoms with van der Waals surface area (Å²) in [6.07, 6.45) is 3.12. The molecule has 3 aromatic rings. The predicted molar refractivity (Wildman–Crippen MR) is 146 cm³/mol. The minimum absolute atomic E-state index is 0.00848. The van der Waals surface area contributed by atoms with Crippen LogP contribution in [-0.2, 0) is 10.0 Å². The largest absolute Gasteiger partial charge is 0.512 e. The summed E-state index contributed by atoms with van der Waals surface area (Å²) in [6, 6.07) is 9.04. The maximum Gasteiger partial charge on any atom is 0.355 e. The fourth-order valence-corrected chi connectivity index (χ4v) is 4.60. The summed E-state index contributed by atoms with van der Waals surface area (Å²) >= 11 is 0. The average Bonchev–Trinajstić information content (AvgIpc) is 3.27. The second kappa shape index (κ2) is 11.9. The number of aromatic nitrogens is 2. The van der Waals surface area contributed by atoms with Gasteiger partial charge in [-0.3, -0.25) is 14.6 Å². The number of aliphatic imine (C=N–C) groups is 1. The van der Waals surface area contributed by atoms with Gasteiger partial charge in [0.2, 0.25) is 0 Å². The summed E-state index contributed by atoms with van der Waals surface area (Å²) in [5.41, 5.74) is 11.8. The van der Waals surface area contributed by atoms with E-state index in [2.05, 4.69) is 15.2 Å². The van der Waals surface area contributed by atoms with Crippen LogP contribution in [0.1, 0.15) is 48.2 Å². The van der Waals surface area contributed by atoms with Crippen molar-refractivity contribution in [2.75, 3.05) is 4.72 Å². The van der Waals surface area contributed by atoms with Gasteiger partial charge in [-0.1, -0.05) is 24.6 Å². The fourth-order valence-electron chi connectivity index (χ4n) is 4.03. The van der Waals surface area contributed by atoms with Crippen molar-refractivity contribution in [2.24, 2.45) is 22.4 Å². The van der Waals surface area contributed by atoms with E-state index in [9.17, 15) is 31.5 Å². The number of hydrogen-bond donors (Lipinski definition) is 5. The molecule has 1 fully saturated rings. The molecule has 1 saturated carbocycles. The Hall–Kier alpha value is -4.53. The zero-order valence-corrected chi connectivity index (χ0v) is 22.5. The van der Waals surface area contributed by atoms with Gasteiger partial charge in [0.05, 0.1) is 17.1 Å². The van der Waals surface area contributed by atoms with Crippen molar-refractivity contribution in [1.82, 2.24) is 10.2 Å². The number of nitrogens with zero attached hydrogens (tertiary/aromatic N) is 2. The van der Waals surface area contributed by atoms with E-state index in [-0.39, 0.29) is 51.6 Å². The van der Waals surface area contributed by atoms with Crippen LogP contribution in [-0.4, -0.2) is 41.2 Å². The number of allylic oxidation sites excluding steroid dienone is 1. The summed E-state index contributed by atoms with van der Waals surface area (Å²) in [7, 11) is -5.07. The van der Waals surface area contributed by atoms with Crippen LogP contribution in [0.25, 0.3) is 11.3 Å². The first-order valence-corrected chi connectivity index (χ1v) is 13.9. The van der Waals surface area contributed by atoms with Crippen LogP contribution in [0.5, 0.6) is 5.75 Å². The molecule has 15 heteroatoms. The van der Waals surface area contributed by atoms with Crippen LogP contribution in [0.2, 0.25) is 0 Å². The van der Waals surface area contributed by atoms with E-state index in [0.717, 1.165) is 25.3 Å². The van der Waals surface area contributed by atoms with Gasteiger partial charge in [-0.25, -0.2) is 17.8 Å². The van der Waals surface area contributed by atoms with Crippen molar-refractivity contribution in [3.8, 4) is 17.0 Å². The Morgan fingerprint density at radius 1 is 1.22 bits per heavy atom. The van der Waals surface area contributed by atoms with E-state index >= 15 is 0 Å². The third-order valence-electron chi connectivity index (χ3n) is 6.45. The molecule has 1 aliphatic carbocycles. The number of aliphatic hydroxyl groups excluding tert-OH is 1. The van der Waals surface area contributed by atoms with Crippen molar-refractivity contribution >= 4 is 33.3 Å². The molecular weight excluding hydrogens is 565 g/mol. The van der Waals surface area contributed by atoms with Crippen LogP contribution in [0.4, 0.5) is 24.7 Å². The van der Waals surface area contributed by atoms with Gasteiger partial charge in [0, 0.05) is 17.6 Å². The van der Waals surface area contributed by atoms with Crippen LogP contribution in [0.15, 0.2) is 59.3 Å². The summed E-state index contributed by atoms with van der Waals surface area (Å²) in [4.78, 5) is 16.5. The van der Waals surface area contributed by atoms with Gasteiger partial charge in [-0.05, 0) is 49.6 Å². The lowest BCUT2D eigenvalue weighted by Crippen LogP contribution is -2.21. The maximum absolute atomic E-state index is 13.4. The summed E-state index contributed by atoms with van der Waals surface area (Å²) < 4.78 is 71.1. The van der Waals surface area contributed by atoms with Crippen LogP contribution < -0.4 is 20.9 Å². The monoisotopic (exact) mass is 592 g/mol. The lowest BCUT2D eigenvalue weighted by atomic mass is 9.84. The number of carbonyl (C=O) groups excluding carboxylic acids is 1. The first-order chi connectivity index (χ1) is 19.4. The number of ether oxygens (including phenoxy) is 1. The molecule has 1 atom stereocenters. The number of rotatable bonds is 11. The van der Waals surface area contributed by atoms with Crippen molar-refractivity contribution in [3.05, 3.63) is 71.2 Å². The standard InChI is InChI=1S/C26H27F3N6O5S/c1-13(14-5-8-17(27)9-6-14)40-20-11-16(7-10-18(20)35-41(38,39)26(28)29)23-22(24(31)37)25(34-33-23)32-21(30)12-19(36)15-3-2-4-15/h5-13,15,26,35-36H,2-4H2,1H3,(H2,31,37)(H3,30,32,33,34)/b19-12-/t13-/m0/s1. The number of halogens is 3. The number of H-pyrrole nitrogens is 1. The Morgan fingerprint density at radius 2 is 1.90 bits per heavy atom. The maximum atomic E-state index is 13.4. The lowest BCUT2D eigenvalue weighted by Gasteiger charge is -2.24. The summed E-state index contributed by atoms with van der Waals surface area (Å²) in [5.74, 6) is -5.57. The number of nitrogens with one attached hydrogen (secondary N) is 2. The SMILES string of the molecule is C[C@H](Oc1cc(-c2[nH]nc(N=C(N)/C=C(\O)C3CCC3)c2C(N)=O)ccc1NS(=O)(=O)C(F)F)c1ccc(F)cc1. The highest BCUT2D eigenvalue weighted by atomic mass is 32.2. The van der Waals surface area contributed by atoms with E-state index in [1.165, 1.54) is 42.5 Å². The first-order valence-electron chi connectivity index (χ1n) is 12.3. The molecule has 0 unspecified atom stereocenters. The Kier molecular flexibility index (Phi) is 8.56. The fraction of sp³-hybridized carbons (Fsp3) is 0.269. The number of primary amides is 1. The predicted octanol–water partition coefficient (Wildman–Crippen LogP) is 4.65. The lowest BCUT2D eigenvalue weighted by molar-refractivity contribution is 0.100. The highest BCUT2D eigenvalue weighted by Crippen LogP contribution is 2.37. The van der Waals surface area contributed by atoms with Gasteiger partial charge in [-0.2, -0.15) is 13.9 Å². The topological polar surface area (TPSA) is 186 Å². The number of carbonyl (C=O) groups is 1. The Balaban J connectivity index is 1.74. The minimum atomic E-state index is -5.07. The molecule has 1 amide bonds. The van der Waals surface area contributed by atoms with Crippen molar-refractivity contribution in [2.45, 2.75) is 38.0 Å². The second-order valence-corrected chi connectivity index (χ2v) is 11.0. The Morgan fingerprint density at radius 3 is 2.49 bits per heavy atom. The van der Waals surface area contributed by atoms with Crippen molar-refractivity contribution in [1.29, 1.82) is 0 Å². The van der Waals surface area contributed by atoms with Crippen molar-refractivity contribution < 1.29 is 36.2 Å². The Bertz CT molecular complexity index is 1600. The third kappa shape index (κ3) is 6.80. The van der Waals surface area contributed by atoms with Gasteiger partial charge < -0.3 is 21.3 Å². The smallest absolute Gasteiger partial charge is 0.355 e. The molecule has 0 spiro atoms. The molecule has 0 radical (unpaired) electrons. The molecule has 1 aromatic heterocycles. The number of aliphatic hydroxyl groups is 1. The van der Waals surface area contributed by atoms with Crippen LogP contribution in [0.3, 0.4) is 0 Å². The number of amidine groups is 1. The van der Waals surface area contributed by atoms with Crippen molar-refractivity contribution in [3.63, 3.8) is 0 Å². The van der Waals surface area contributed by atoms with E-state index in [1.807, 2.05) is 0 Å². The molecule has 7 N–H and O–H groups in total. The molecule has 0 bridgehead atoms. The van der Waals surface area contributed by atoms with Gasteiger partial charge in [-0.15, -0.1) is 0 Å². The highest BCUT2D eigenvalue weighted by Gasteiger charge is 2.27. The number of alkyl halides is 2. The van der Waals surface area contributed by atoms with Crippen LogP contribution >= 0.6 is 0 Å². The third-order valence-corrected chi connectivity index (χ3v) is 7.42. The number of sulfonamides is 1. The van der Waals surface area contributed by atoms with Gasteiger partial charge >= 0.3 is 5.76 Å². The molecule has 0 saturated heterocycles. The van der Waals surface area contributed by atoms with Crippen LogP contribution in [0, 0.1) is 11.7 Å². The van der Waals surface area contributed by atoms with E-state index in [0.29, 0.717) is 5.56 Å². The highest BCUT2D eigenvalue weighted by molar-refractivity contribution is 7.93. The van der Waals surface area contributed by atoms with Gasteiger partial charge in [0.25, 0.3) is 15.9 Å². The molecule has 4 rings (SSSR count).